The molecule has 0 spiro atoms. The molecule has 0 aromatic heterocycles. The van der Waals surface area contributed by atoms with E-state index in [-0.39, 0.29) is 5.91 Å². The van der Waals surface area contributed by atoms with E-state index in [1.54, 1.807) is 0 Å². The van der Waals surface area contributed by atoms with Gasteiger partial charge in [0.25, 0.3) is 0 Å². The fourth-order valence-electron chi connectivity index (χ4n) is 1.64. The summed E-state index contributed by atoms with van der Waals surface area (Å²) >= 11 is 0. The van der Waals surface area contributed by atoms with Crippen molar-refractivity contribution in [3.05, 3.63) is 12.2 Å². The molecule has 0 aliphatic carbocycles. The average Bonchev–Trinajstić information content (AvgIpc) is 2.14. The van der Waals surface area contributed by atoms with Gasteiger partial charge in [-0.2, -0.15) is 0 Å². The summed E-state index contributed by atoms with van der Waals surface area (Å²) in [5, 5.41) is 0. The SMILES string of the molecule is NC(=O)C=CCCN1CCCCC1. The maximum Gasteiger partial charge on any atom is 0.241 e. The van der Waals surface area contributed by atoms with E-state index in [2.05, 4.69) is 4.90 Å². The molecule has 3 heteroatoms. The van der Waals surface area contributed by atoms with Crippen molar-refractivity contribution < 1.29 is 4.79 Å². The highest BCUT2D eigenvalue weighted by Crippen LogP contribution is 2.08. The molecular formula is C10H18N2O. The molecule has 0 bridgehead atoms. The lowest BCUT2D eigenvalue weighted by Gasteiger charge is -2.25. The lowest BCUT2D eigenvalue weighted by Crippen LogP contribution is -2.30. The van der Waals surface area contributed by atoms with Crippen molar-refractivity contribution in [3.63, 3.8) is 0 Å². The van der Waals surface area contributed by atoms with E-state index in [4.69, 9.17) is 5.73 Å². The molecular weight excluding hydrogens is 164 g/mol. The van der Waals surface area contributed by atoms with Gasteiger partial charge in [0.15, 0.2) is 0 Å². The number of amides is 1. The van der Waals surface area contributed by atoms with Crippen molar-refractivity contribution in [1.29, 1.82) is 0 Å². The minimum atomic E-state index is -0.348. The van der Waals surface area contributed by atoms with E-state index in [9.17, 15) is 4.79 Å². The van der Waals surface area contributed by atoms with Crippen LogP contribution in [0, 0.1) is 0 Å². The van der Waals surface area contributed by atoms with Crippen LogP contribution in [0.25, 0.3) is 0 Å². The Kier molecular flexibility index (Phi) is 4.54. The van der Waals surface area contributed by atoms with E-state index in [1.807, 2.05) is 6.08 Å². The summed E-state index contributed by atoms with van der Waals surface area (Å²) in [6.45, 7) is 3.48. The second-order valence-electron chi connectivity index (χ2n) is 3.50. The Labute approximate surface area is 79.6 Å². The minimum absolute atomic E-state index is 0.348. The molecule has 1 saturated heterocycles. The molecule has 1 aliphatic heterocycles. The van der Waals surface area contributed by atoms with Crippen LogP contribution in [0.4, 0.5) is 0 Å². The molecule has 1 fully saturated rings. The van der Waals surface area contributed by atoms with Crippen molar-refractivity contribution in [3.8, 4) is 0 Å². The Morgan fingerprint density at radius 3 is 2.62 bits per heavy atom. The van der Waals surface area contributed by atoms with E-state index in [0.717, 1.165) is 13.0 Å². The number of nitrogens with zero attached hydrogens (tertiary/aromatic N) is 1. The molecule has 0 unspecified atom stereocenters. The van der Waals surface area contributed by atoms with E-state index >= 15 is 0 Å². The maximum absolute atomic E-state index is 10.4. The highest BCUT2D eigenvalue weighted by Gasteiger charge is 2.07. The number of carbonyl (C=O) groups is 1. The topological polar surface area (TPSA) is 46.3 Å². The molecule has 1 rings (SSSR count). The molecule has 1 heterocycles. The van der Waals surface area contributed by atoms with Gasteiger partial charge in [-0.25, -0.2) is 0 Å². The summed E-state index contributed by atoms with van der Waals surface area (Å²) in [6, 6.07) is 0. The number of piperidine rings is 1. The minimum Gasteiger partial charge on any atom is -0.366 e. The lowest BCUT2D eigenvalue weighted by molar-refractivity contribution is -0.113. The number of hydrogen-bond donors (Lipinski definition) is 1. The lowest BCUT2D eigenvalue weighted by atomic mass is 10.1. The number of carbonyl (C=O) groups excluding carboxylic acids is 1. The van der Waals surface area contributed by atoms with Gasteiger partial charge in [-0.15, -0.1) is 0 Å². The molecule has 0 atom stereocenters. The zero-order chi connectivity index (χ0) is 9.52. The Morgan fingerprint density at radius 1 is 1.31 bits per heavy atom. The van der Waals surface area contributed by atoms with Crippen molar-refractivity contribution >= 4 is 5.91 Å². The zero-order valence-corrected chi connectivity index (χ0v) is 8.04. The number of nitrogens with two attached hydrogens (primary N) is 1. The number of likely N-dealkylation sites (tertiary alicyclic amines) is 1. The third-order valence-electron chi connectivity index (χ3n) is 2.34. The van der Waals surface area contributed by atoms with Gasteiger partial charge >= 0.3 is 0 Å². The highest BCUT2D eigenvalue weighted by molar-refractivity contribution is 5.85. The second-order valence-corrected chi connectivity index (χ2v) is 3.50. The van der Waals surface area contributed by atoms with Crippen LogP contribution in [0.15, 0.2) is 12.2 Å². The van der Waals surface area contributed by atoms with Crippen LogP contribution in [-0.2, 0) is 4.79 Å². The Morgan fingerprint density at radius 2 is 2.00 bits per heavy atom. The van der Waals surface area contributed by atoms with Crippen molar-refractivity contribution in [2.45, 2.75) is 25.7 Å². The Balaban J connectivity index is 2.07. The van der Waals surface area contributed by atoms with Crippen LogP contribution >= 0.6 is 0 Å². The molecule has 13 heavy (non-hydrogen) atoms. The average molecular weight is 182 g/mol. The van der Waals surface area contributed by atoms with Crippen LogP contribution in [-0.4, -0.2) is 30.4 Å². The van der Waals surface area contributed by atoms with E-state index < -0.39 is 0 Å². The third kappa shape index (κ3) is 4.68. The summed E-state index contributed by atoms with van der Waals surface area (Å²) in [6.07, 6.45) is 8.25. The van der Waals surface area contributed by atoms with Crippen LogP contribution in [0.3, 0.4) is 0 Å². The van der Waals surface area contributed by atoms with Gasteiger partial charge in [0, 0.05) is 6.54 Å². The molecule has 74 valence electrons. The first-order chi connectivity index (χ1) is 6.29. The van der Waals surface area contributed by atoms with Crippen molar-refractivity contribution in [1.82, 2.24) is 4.90 Å². The highest BCUT2D eigenvalue weighted by atomic mass is 16.1. The van der Waals surface area contributed by atoms with Crippen LogP contribution in [0.2, 0.25) is 0 Å². The monoisotopic (exact) mass is 182 g/mol. The number of rotatable bonds is 4. The predicted octanol–water partition coefficient (Wildman–Crippen LogP) is 0.904. The van der Waals surface area contributed by atoms with Gasteiger partial charge in [-0.3, -0.25) is 4.79 Å². The molecule has 0 radical (unpaired) electrons. The van der Waals surface area contributed by atoms with Gasteiger partial charge < -0.3 is 10.6 Å². The summed E-state index contributed by atoms with van der Waals surface area (Å²) < 4.78 is 0. The fourth-order valence-corrected chi connectivity index (χ4v) is 1.64. The smallest absolute Gasteiger partial charge is 0.241 e. The van der Waals surface area contributed by atoms with Gasteiger partial charge in [0.05, 0.1) is 0 Å². The largest absolute Gasteiger partial charge is 0.366 e. The van der Waals surface area contributed by atoms with Crippen LogP contribution in [0.1, 0.15) is 25.7 Å². The van der Waals surface area contributed by atoms with Crippen molar-refractivity contribution in [2.24, 2.45) is 5.73 Å². The number of hydrogen-bond acceptors (Lipinski definition) is 2. The van der Waals surface area contributed by atoms with Gasteiger partial charge in [0.1, 0.15) is 0 Å². The van der Waals surface area contributed by atoms with Crippen LogP contribution < -0.4 is 5.73 Å². The van der Waals surface area contributed by atoms with Crippen LogP contribution in [0.5, 0.6) is 0 Å². The second kappa shape index (κ2) is 5.75. The standard InChI is InChI=1S/C10H18N2O/c11-10(13)6-2-5-9-12-7-3-1-4-8-12/h2,6H,1,3-5,7-9H2,(H2,11,13). The normalized spacial score (nSPS) is 19.4. The summed E-state index contributed by atoms with van der Waals surface area (Å²) in [4.78, 5) is 12.8. The third-order valence-corrected chi connectivity index (χ3v) is 2.34. The summed E-state index contributed by atoms with van der Waals surface area (Å²) in [5.74, 6) is -0.348. The summed E-state index contributed by atoms with van der Waals surface area (Å²) in [7, 11) is 0. The number of primary amides is 1. The first-order valence-electron chi connectivity index (χ1n) is 4.97. The first kappa shape index (κ1) is 10.3. The van der Waals surface area contributed by atoms with Gasteiger partial charge in [-0.1, -0.05) is 12.5 Å². The molecule has 0 aromatic carbocycles. The van der Waals surface area contributed by atoms with Gasteiger partial charge in [0.2, 0.25) is 5.91 Å². The molecule has 0 aromatic rings. The molecule has 0 saturated carbocycles. The Hall–Kier alpha value is -0.830. The van der Waals surface area contributed by atoms with E-state index in [0.29, 0.717) is 0 Å². The maximum atomic E-state index is 10.4. The van der Waals surface area contributed by atoms with Gasteiger partial charge in [-0.05, 0) is 38.4 Å². The molecule has 3 nitrogen and oxygen atoms in total. The first-order valence-corrected chi connectivity index (χ1v) is 4.97. The zero-order valence-electron chi connectivity index (χ0n) is 8.04. The van der Waals surface area contributed by atoms with Crippen molar-refractivity contribution in [2.75, 3.05) is 19.6 Å². The Bertz CT molecular complexity index is 183. The molecule has 1 amide bonds. The van der Waals surface area contributed by atoms with E-state index in [1.165, 1.54) is 38.4 Å². The molecule has 2 N–H and O–H groups in total. The summed E-state index contributed by atoms with van der Waals surface area (Å²) in [5.41, 5.74) is 4.97. The fraction of sp³-hybridized carbons (Fsp3) is 0.700. The molecule has 1 aliphatic rings. The predicted molar refractivity (Wildman–Crippen MR) is 53.2 cm³/mol. The quantitative estimate of drug-likeness (QED) is 0.657.